The van der Waals surface area contributed by atoms with Crippen LogP contribution in [0.15, 0.2) is 33.3 Å². The minimum Gasteiger partial charge on any atom is -0.339 e. The molecule has 0 saturated heterocycles. The Labute approximate surface area is 126 Å². The summed E-state index contributed by atoms with van der Waals surface area (Å²) in [6.07, 6.45) is 4.91. The summed E-state index contributed by atoms with van der Waals surface area (Å²) in [5.41, 5.74) is 7.10. The van der Waals surface area contributed by atoms with Crippen molar-refractivity contribution in [3.05, 3.63) is 46.0 Å². The maximum Gasteiger partial charge on any atom is 0.229 e. The maximum atomic E-state index is 5.93. The van der Waals surface area contributed by atoms with Crippen LogP contribution >= 0.6 is 15.9 Å². The fourth-order valence-corrected chi connectivity index (χ4v) is 3.15. The van der Waals surface area contributed by atoms with Crippen LogP contribution in [-0.4, -0.2) is 16.2 Å². The van der Waals surface area contributed by atoms with Crippen LogP contribution in [0.4, 0.5) is 0 Å². The molecule has 1 aromatic heterocycles. The lowest BCUT2D eigenvalue weighted by molar-refractivity contribution is 0.300. The van der Waals surface area contributed by atoms with Gasteiger partial charge < -0.3 is 10.3 Å². The smallest absolute Gasteiger partial charge is 0.229 e. The molecule has 0 unspecified atom stereocenters. The van der Waals surface area contributed by atoms with Gasteiger partial charge in [-0.15, -0.1) is 0 Å². The highest BCUT2D eigenvalue weighted by Gasteiger charge is 2.24. The van der Waals surface area contributed by atoms with Crippen molar-refractivity contribution in [1.29, 1.82) is 0 Å². The van der Waals surface area contributed by atoms with Crippen molar-refractivity contribution >= 4 is 15.9 Å². The van der Waals surface area contributed by atoms with Gasteiger partial charge in [0.1, 0.15) is 0 Å². The molecule has 0 atom stereocenters. The molecule has 0 spiro atoms. The van der Waals surface area contributed by atoms with Crippen LogP contribution in [0.25, 0.3) is 0 Å². The van der Waals surface area contributed by atoms with Gasteiger partial charge in [-0.05, 0) is 43.4 Å². The fourth-order valence-electron chi connectivity index (χ4n) is 2.70. The van der Waals surface area contributed by atoms with Crippen LogP contribution in [0.5, 0.6) is 0 Å². The Morgan fingerprint density at radius 2 is 2.05 bits per heavy atom. The molecule has 0 bridgehead atoms. The van der Waals surface area contributed by atoms with Crippen LogP contribution in [0, 0.1) is 0 Å². The predicted octanol–water partition coefficient (Wildman–Crippen LogP) is 3.41. The van der Waals surface area contributed by atoms with Gasteiger partial charge >= 0.3 is 0 Å². The summed E-state index contributed by atoms with van der Waals surface area (Å²) in [5, 5.41) is 4.10. The van der Waals surface area contributed by atoms with E-state index < -0.39 is 0 Å². The van der Waals surface area contributed by atoms with Gasteiger partial charge in [0.2, 0.25) is 5.89 Å². The zero-order chi connectivity index (χ0) is 13.9. The van der Waals surface area contributed by atoms with E-state index in [-0.39, 0.29) is 0 Å². The van der Waals surface area contributed by atoms with Gasteiger partial charge in [0.05, 0.1) is 0 Å². The molecule has 0 radical (unpaired) electrons. The molecule has 1 aliphatic carbocycles. The lowest BCUT2D eigenvalue weighted by Gasteiger charge is -2.22. The van der Waals surface area contributed by atoms with Gasteiger partial charge in [-0.25, -0.2) is 0 Å². The molecule has 4 nitrogen and oxygen atoms in total. The van der Waals surface area contributed by atoms with Gasteiger partial charge in [-0.2, -0.15) is 4.98 Å². The van der Waals surface area contributed by atoms with Gasteiger partial charge in [0.15, 0.2) is 5.82 Å². The number of halogens is 1. The highest BCUT2D eigenvalue weighted by atomic mass is 79.9. The molecular formula is C15H18BrN3O. The van der Waals surface area contributed by atoms with Crippen molar-refractivity contribution in [2.45, 2.75) is 44.1 Å². The van der Waals surface area contributed by atoms with E-state index in [1.165, 1.54) is 5.56 Å². The first-order valence-electron chi connectivity index (χ1n) is 7.03. The molecular weight excluding hydrogens is 318 g/mol. The Hall–Kier alpha value is -1.20. The molecule has 0 amide bonds. The lowest BCUT2D eigenvalue weighted by atomic mass is 9.86. The normalized spacial score (nSPS) is 22.9. The van der Waals surface area contributed by atoms with Crippen molar-refractivity contribution in [3.8, 4) is 0 Å². The summed E-state index contributed by atoms with van der Waals surface area (Å²) < 4.78 is 6.50. The molecule has 0 aliphatic heterocycles. The van der Waals surface area contributed by atoms with E-state index in [1.54, 1.807) is 0 Å². The first-order valence-corrected chi connectivity index (χ1v) is 7.82. The van der Waals surface area contributed by atoms with Crippen molar-refractivity contribution < 1.29 is 4.52 Å². The van der Waals surface area contributed by atoms with Gasteiger partial charge in [-0.3, -0.25) is 0 Å². The number of aromatic nitrogens is 2. The first kappa shape index (κ1) is 13.8. The van der Waals surface area contributed by atoms with Gasteiger partial charge in [0, 0.05) is 22.9 Å². The molecule has 5 heteroatoms. The topological polar surface area (TPSA) is 64.9 Å². The Balaban J connectivity index is 1.67. The number of benzene rings is 1. The second-order valence-electron chi connectivity index (χ2n) is 5.47. The quantitative estimate of drug-likeness (QED) is 0.933. The van der Waals surface area contributed by atoms with Crippen molar-refractivity contribution in [1.82, 2.24) is 10.1 Å². The third kappa shape index (κ3) is 3.27. The van der Waals surface area contributed by atoms with Crippen LogP contribution in [0.3, 0.4) is 0 Å². The molecule has 20 heavy (non-hydrogen) atoms. The summed E-state index contributed by atoms with van der Waals surface area (Å²) in [5.74, 6) is 1.92. The molecule has 1 heterocycles. The highest BCUT2D eigenvalue weighted by molar-refractivity contribution is 9.10. The Morgan fingerprint density at radius 1 is 1.25 bits per heavy atom. The highest BCUT2D eigenvalue weighted by Crippen LogP contribution is 2.31. The molecule has 1 aliphatic rings. The Morgan fingerprint density at radius 3 is 2.80 bits per heavy atom. The summed E-state index contributed by atoms with van der Waals surface area (Å²) >= 11 is 3.47. The van der Waals surface area contributed by atoms with E-state index in [0.29, 0.717) is 18.4 Å². The van der Waals surface area contributed by atoms with E-state index in [0.717, 1.165) is 41.9 Å². The zero-order valence-corrected chi connectivity index (χ0v) is 12.8. The number of nitrogens with two attached hydrogens (primary N) is 1. The van der Waals surface area contributed by atoms with E-state index in [1.807, 2.05) is 12.1 Å². The predicted molar refractivity (Wildman–Crippen MR) is 80.4 cm³/mol. The Kier molecular flexibility index (Phi) is 4.17. The Bertz CT molecular complexity index is 576. The number of hydrogen-bond donors (Lipinski definition) is 1. The third-order valence-electron chi connectivity index (χ3n) is 3.86. The van der Waals surface area contributed by atoms with Crippen molar-refractivity contribution in [2.75, 3.05) is 0 Å². The second kappa shape index (κ2) is 6.06. The maximum absolute atomic E-state index is 5.93. The van der Waals surface area contributed by atoms with Crippen molar-refractivity contribution in [2.24, 2.45) is 5.73 Å². The van der Waals surface area contributed by atoms with E-state index in [2.05, 4.69) is 38.2 Å². The van der Waals surface area contributed by atoms with E-state index >= 15 is 0 Å². The van der Waals surface area contributed by atoms with Crippen molar-refractivity contribution in [3.63, 3.8) is 0 Å². The molecule has 106 valence electrons. The molecule has 2 N–H and O–H groups in total. The molecule has 1 fully saturated rings. The van der Waals surface area contributed by atoms with Crippen LogP contribution in [0.2, 0.25) is 0 Å². The average Bonchev–Trinajstić information content (AvgIpc) is 2.88. The number of hydrogen-bond acceptors (Lipinski definition) is 4. The van der Waals surface area contributed by atoms with Gasteiger partial charge in [0.25, 0.3) is 0 Å². The summed E-state index contributed by atoms with van der Waals surface area (Å²) in [4.78, 5) is 4.55. The summed E-state index contributed by atoms with van der Waals surface area (Å²) in [6, 6.07) is 8.52. The minimum absolute atomic E-state index is 0.343. The zero-order valence-electron chi connectivity index (χ0n) is 11.3. The van der Waals surface area contributed by atoms with Crippen LogP contribution in [-0.2, 0) is 6.42 Å². The standard InChI is InChI=1S/C15H18BrN3O/c16-12-3-1-2-10(8-12)9-14-18-15(20-19-14)11-4-6-13(17)7-5-11/h1-3,8,11,13H,4-7,9,17H2. The summed E-state index contributed by atoms with van der Waals surface area (Å²) in [7, 11) is 0. The minimum atomic E-state index is 0.343. The third-order valence-corrected chi connectivity index (χ3v) is 4.35. The van der Waals surface area contributed by atoms with Crippen LogP contribution in [0.1, 0.15) is 48.9 Å². The van der Waals surface area contributed by atoms with Gasteiger partial charge in [-0.1, -0.05) is 33.2 Å². The van der Waals surface area contributed by atoms with E-state index in [9.17, 15) is 0 Å². The van der Waals surface area contributed by atoms with Crippen LogP contribution < -0.4 is 5.73 Å². The first-order chi connectivity index (χ1) is 9.70. The second-order valence-corrected chi connectivity index (χ2v) is 6.38. The number of nitrogens with zero attached hydrogens (tertiary/aromatic N) is 2. The molecule has 1 aromatic carbocycles. The summed E-state index contributed by atoms with van der Waals surface area (Å²) in [6.45, 7) is 0. The van der Waals surface area contributed by atoms with E-state index in [4.69, 9.17) is 10.3 Å². The molecule has 1 saturated carbocycles. The largest absolute Gasteiger partial charge is 0.339 e. The molecule has 3 rings (SSSR count). The average molecular weight is 336 g/mol. The SMILES string of the molecule is NC1CCC(c2nc(Cc3cccc(Br)c3)no2)CC1. The monoisotopic (exact) mass is 335 g/mol. The lowest BCUT2D eigenvalue weighted by Crippen LogP contribution is -2.25. The molecule has 2 aromatic rings. The fraction of sp³-hybridized carbons (Fsp3) is 0.467. The number of rotatable bonds is 3.